The van der Waals surface area contributed by atoms with Gasteiger partial charge in [-0.3, -0.25) is 0 Å². The Labute approximate surface area is 188 Å². The first kappa shape index (κ1) is 23.1. The van der Waals surface area contributed by atoms with E-state index in [4.69, 9.17) is 0 Å². The van der Waals surface area contributed by atoms with E-state index in [0.29, 0.717) is 29.3 Å². The summed E-state index contributed by atoms with van der Waals surface area (Å²) in [5.41, 5.74) is 1.30. The molecule has 30 heavy (non-hydrogen) atoms. The summed E-state index contributed by atoms with van der Waals surface area (Å²) in [6.07, 6.45) is 18.9. The molecule has 0 bridgehead atoms. The molecule has 9 atom stereocenters. The molecule has 0 aromatic carbocycles. The van der Waals surface area contributed by atoms with Crippen LogP contribution < -0.4 is 0 Å². The van der Waals surface area contributed by atoms with Gasteiger partial charge in [-0.05, 0) is 122 Å². The lowest BCUT2D eigenvalue weighted by atomic mass is 9.44. The Morgan fingerprint density at radius 3 is 2.27 bits per heavy atom. The van der Waals surface area contributed by atoms with E-state index in [1.807, 2.05) is 0 Å². The van der Waals surface area contributed by atoms with Gasteiger partial charge in [-0.15, -0.1) is 0 Å². The molecule has 4 rings (SSSR count). The van der Waals surface area contributed by atoms with Gasteiger partial charge in [0, 0.05) is 6.61 Å². The van der Waals surface area contributed by atoms with E-state index in [-0.39, 0.29) is 0 Å². The molecule has 0 aromatic rings. The summed E-state index contributed by atoms with van der Waals surface area (Å²) in [5.74, 6) is 7.36. The van der Waals surface area contributed by atoms with Crippen LogP contribution in [-0.2, 0) is 0 Å². The normalized spacial score (nSPS) is 45.5. The molecule has 4 aliphatic carbocycles. The summed E-state index contributed by atoms with van der Waals surface area (Å²) in [6.45, 7) is 13.1. The zero-order valence-electron chi connectivity index (χ0n) is 21.0. The minimum atomic E-state index is 0.364. The maximum atomic E-state index is 9.47. The molecule has 0 spiro atoms. The maximum Gasteiger partial charge on any atom is 0.0433 e. The topological polar surface area (TPSA) is 20.2 Å². The third-order valence-corrected chi connectivity index (χ3v) is 11.8. The van der Waals surface area contributed by atoms with Gasteiger partial charge in [-0.25, -0.2) is 0 Å². The second-order valence-electron chi connectivity index (χ2n) is 13.2. The highest BCUT2D eigenvalue weighted by molar-refractivity contribution is 5.09. The molecular weight excluding hydrogens is 364 g/mol. The molecule has 9 unspecified atom stereocenters. The third kappa shape index (κ3) is 3.92. The fraction of sp³-hybridized carbons (Fsp3) is 1.00. The van der Waals surface area contributed by atoms with Gasteiger partial charge >= 0.3 is 0 Å². The van der Waals surface area contributed by atoms with Crippen LogP contribution in [0, 0.1) is 58.2 Å². The minimum Gasteiger partial charge on any atom is -0.396 e. The molecule has 0 amide bonds. The smallest absolute Gasteiger partial charge is 0.0433 e. The molecule has 0 aliphatic heterocycles. The molecule has 4 saturated carbocycles. The summed E-state index contributed by atoms with van der Waals surface area (Å²) in [7, 11) is 0. The van der Waals surface area contributed by atoms with E-state index < -0.39 is 0 Å². The van der Waals surface area contributed by atoms with Crippen LogP contribution in [0.2, 0.25) is 0 Å². The van der Waals surface area contributed by atoms with Crippen LogP contribution in [0.25, 0.3) is 0 Å². The Morgan fingerprint density at radius 1 is 0.767 bits per heavy atom. The van der Waals surface area contributed by atoms with Gasteiger partial charge in [0.25, 0.3) is 0 Å². The van der Waals surface area contributed by atoms with Crippen LogP contribution >= 0.6 is 0 Å². The van der Waals surface area contributed by atoms with Gasteiger partial charge in [0.1, 0.15) is 0 Å². The van der Waals surface area contributed by atoms with Crippen molar-refractivity contribution in [3.8, 4) is 0 Å². The largest absolute Gasteiger partial charge is 0.396 e. The van der Waals surface area contributed by atoms with E-state index >= 15 is 0 Å². The van der Waals surface area contributed by atoms with Crippen molar-refractivity contribution in [3.63, 3.8) is 0 Å². The molecule has 1 N–H and O–H groups in total. The number of rotatable bonds is 7. The van der Waals surface area contributed by atoms with Crippen LogP contribution in [-0.4, -0.2) is 11.7 Å². The van der Waals surface area contributed by atoms with Crippen molar-refractivity contribution in [2.24, 2.45) is 58.2 Å². The summed E-state index contributed by atoms with van der Waals surface area (Å²) >= 11 is 0. The number of aliphatic hydroxyl groups excluding tert-OH is 1. The van der Waals surface area contributed by atoms with Crippen molar-refractivity contribution in [2.45, 2.75) is 118 Å². The molecule has 4 aliphatic rings. The molecule has 0 heterocycles. The quantitative estimate of drug-likeness (QED) is 0.444. The predicted octanol–water partition coefficient (Wildman–Crippen LogP) is 8.11. The van der Waals surface area contributed by atoms with Gasteiger partial charge in [0.15, 0.2) is 0 Å². The first-order valence-corrected chi connectivity index (χ1v) is 13.9. The SMILES string of the molecule is CC(C)C(CCO)CCC(C)C1CCC2C3CCC4CCCCC4(C)C3CCC12C. The predicted molar refractivity (Wildman–Crippen MR) is 128 cm³/mol. The van der Waals surface area contributed by atoms with Crippen LogP contribution in [0.4, 0.5) is 0 Å². The average molecular weight is 417 g/mol. The lowest BCUT2D eigenvalue weighted by Gasteiger charge is -2.61. The van der Waals surface area contributed by atoms with E-state index in [1.165, 1.54) is 64.2 Å². The van der Waals surface area contributed by atoms with Gasteiger partial charge in [-0.2, -0.15) is 0 Å². The lowest BCUT2D eigenvalue weighted by Crippen LogP contribution is -2.53. The zero-order chi connectivity index (χ0) is 21.5. The Kier molecular flexibility index (Phi) is 6.99. The first-order valence-electron chi connectivity index (χ1n) is 13.9. The highest BCUT2D eigenvalue weighted by Crippen LogP contribution is 2.68. The Hall–Kier alpha value is -0.0400. The highest BCUT2D eigenvalue weighted by Gasteiger charge is 2.60. The molecule has 4 fully saturated rings. The van der Waals surface area contributed by atoms with E-state index in [0.717, 1.165) is 41.9 Å². The fourth-order valence-electron chi connectivity index (χ4n) is 9.93. The maximum absolute atomic E-state index is 9.47. The molecule has 1 heteroatoms. The van der Waals surface area contributed by atoms with Gasteiger partial charge in [-0.1, -0.05) is 53.9 Å². The molecule has 1 nitrogen and oxygen atoms in total. The number of aliphatic hydroxyl groups is 1. The Bertz CT molecular complexity index is 569. The van der Waals surface area contributed by atoms with Crippen molar-refractivity contribution in [3.05, 3.63) is 0 Å². The van der Waals surface area contributed by atoms with E-state index in [9.17, 15) is 5.11 Å². The van der Waals surface area contributed by atoms with Crippen LogP contribution in [0.15, 0.2) is 0 Å². The van der Waals surface area contributed by atoms with Crippen molar-refractivity contribution < 1.29 is 5.11 Å². The van der Waals surface area contributed by atoms with Crippen molar-refractivity contribution >= 4 is 0 Å². The van der Waals surface area contributed by atoms with E-state index in [1.54, 1.807) is 12.8 Å². The van der Waals surface area contributed by atoms with Crippen LogP contribution in [0.3, 0.4) is 0 Å². The second kappa shape index (κ2) is 9.07. The molecule has 174 valence electrons. The van der Waals surface area contributed by atoms with Gasteiger partial charge in [0.05, 0.1) is 0 Å². The van der Waals surface area contributed by atoms with Crippen molar-refractivity contribution in [2.75, 3.05) is 6.61 Å². The highest BCUT2D eigenvalue weighted by atomic mass is 16.3. The molecule has 0 saturated heterocycles. The van der Waals surface area contributed by atoms with Crippen LogP contribution in [0.1, 0.15) is 118 Å². The van der Waals surface area contributed by atoms with Gasteiger partial charge < -0.3 is 5.11 Å². The fourth-order valence-corrected chi connectivity index (χ4v) is 9.93. The van der Waals surface area contributed by atoms with Crippen molar-refractivity contribution in [1.29, 1.82) is 0 Å². The second-order valence-corrected chi connectivity index (χ2v) is 13.2. The van der Waals surface area contributed by atoms with E-state index in [2.05, 4.69) is 34.6 Å². The van der Waals surface area contributed by atoms with Gasteiger partial charge in [0.2, 0.25) is 0 Å². The summed E-state index contributed by atoms with van der Waals surface area (Å²) in [4.78, 5) is 0. The zero-order valence-corrected chi connectivity index (χ0v) is 21.0. The molecule has 0 aromatic heterocycles. The third-order valence-electron chi connectivity index (χ3n) is 11.8. The summed E-state index contributed by atoms with van der Waals surface area (Å²) < 4.78 is 0. The summed E-state index contributed by atoms with van der Waals surface area (Å²) in [5, 5.41) is 9.47. The van der Waals surface area contributed by atoms with Crippen molar-refractivity contribution in [1.82, 2.24) is 0 Å². The monoisotopic (exact) mass is 416 g/mol. The molecular formula is C29H52O. The number of hydrogen-bond acceptors (Lipinski definition) is 1. The Morgan fingerprint density at radius 2 is 1.53 bits per heavy atom. The summed E-state index contributed by atoms with van der Waals surface area (Å²) in [6, 6.07) is 0. The lowest BCUT2D eigenvalue weighted by molar-refractivity contribution is -0.114. The van der Waals surface area contributed by atoms with Crippen LogP contribution in [0.5, 0.6) is 0 Å². The Balaban J connectivity index is 1.43. The standard InChI is InChI=1S/C29H52O/c1-20(2)22(16-19-30)10-9-21(3)25-13-14-26-24-12-11-23-8-6-7-17-28(23,4)27(24)15-18-29(25,26)5/h20-27,30H,6-19H2,1-5H3. The number of fused-ring (bicyclic) bond motifs is 5. The first-order chi connectivity index (χ1) is 14.3. The average Bonchev–Trinajstić information content (AvgIpc) is 3.07. The number of hydrogen-bond donors (Lipinski definition) is 1. The minimum absolute atomic E-state index is 0.364. The molecule has 0 radical (unpaired) electrons.